The molecule has 3 aromatic heterocycles. The molecule has 0 amide bonds. The molecule has 170 valence electrons. The second-order valence-corrected chi connectivity index (χ2v) is 7.23. The summed E-state index contributed by atoms with van der Waals surface area (Å²) in [6.45, 7) is 0. The summed E-state index contributed by atoms with van der Waals surface area (Å²) in [6.07, 6.45) is -3.41. The van der Waals surface area contributed by atoms with Gasteiger partial charge in [0.15, 0.2) is 5.76 Å². The number of furan rings is 1. The highest BCUT2D eigenvalue weighted by Gasteiger charge is 2.31. The molecule has 1 atom stereocenters. The van der Waals surface area contributed by atoms with Gasteiger partial charge in [-0.05, 0) is 42.0 Å². The Morgan fingerprint density at radius 1 is 1.15 bits per heavy atom. The third kappa shape index (κ3) is 4.37. The summed E-state index contributed by atoms with van der Waals surface area (Å²) in [5.74, 6) is -0.355. The molecule has 4 rings (SSSR count). The van der Waals surface area contributed by atoms with Crippen LogP contribution in [-0.4, -0.2) is 20.9 Å². The van der Waals surface area contributed by atoms with Crippen LogP contribution in [0.25, 0.3) is 22.6 Å². The molecule has 7 nitrogen and oxygen atoms in total. The van der Waals surface area contributed by atoms with Crippen molar-refractivity contribution >= 4 is 11.6 Å². The predicted octanol–water partition coefficient (Wildman–Crippen LogP) is 4.79. The highest BCUT2D eigenvalue weighted by atomic mass is 19.4. The van der Waals surface area contributed by atoms with Crippen LogP contribution < -0.4 is 5.73 Å². The van der Waals surface area contributed by atoms with E-state index in [2.05, 4.69) is 9.97 Å². The minimum Gasteiger partial charge on any atom is -0.463 e. The predicted molar refractivity (Wildman–Crippen MR) is 115 cm³/mol. The normalized spacial score (nSPS) is 12.2. The number of aliphatic hydroxyl groups is 1. The van der Waals surface area contributed by atoms with Gasteiger partial charge in [-0.25, -0.2) is 4.98 Å². The van der Waals surface area contributed by atoms with Gasteiger partial charge in [0.25, 0.3) is 0 Å². The average Bonchev–Trinajstić information content (AvgIpc) is 3.37. The lowest BCUT2D eigenvalue weighted by atomic mass is 9.99. The van der Waals surface area contributed by atoms with Gasteiger partial charge in [0.2, 0.25) is 5.78 Å². The van der Waals surface area contributed by atoms with Crippen LogP contribution in [0.1, 0.15) is 33.3 Å². The van der Waals surface area contributed by atoms with Crippen molar-refractivity contribution in [2.24, 2.45) is 0 Å². The topological polar surface area (TPSA) is 126 Å². The van der Waals surface area contributed by atoms with Crippen molar-refractivity contribution in [2.45, 2.75) is 12.3 Å². The van der Waals surface area contributed by atoms with Crippen LogP contribution in [0.2, 0.25) is 0 Å². The highest BCUT2D eigenvalue weighted by molar-refractivity contribution is 5.98. The Hall–Kier alpha value is -4.49. The largest absolute Gasteiger partial charge is 0.463 e. The lowest BCUT2D eigenvalue weighted by Gasteiger charge is -2.13. The van der Waals surface area contributed by atoms with Gasteiger partial charge < -0.3 is 15.3 Å². The van der Waals surface area contributed by atoms with E-state index in [1.165, 1.54) is 24.6 Å². The summed E-state index contributed by atoms with van der Waals surface area (Å²) < 4.78 is 43.6. The number of anilines is 1. The molecule has 1 unspecified atom stereocenters. The van der Waals surface area contributed by atoms with Gasteiger partial charge in [0, 0.05) is 17.3 Å². The molecule has 0 bridgehead atoms. The number of halogens is 3. The van der Waals surface area contributed by atoms with Crippen molar-refractivity contribution in [3.8, 4) is 28.7 Å². The minimum atomic E-state index is -4.53. The lowest BCUT2D eigenvalue weighted by molar-refractivity contribution is -0.137. The van der Waals surface area contributed by atoms with Crippen molar-refractivity contribution in [1.82, 2.24) is 9.97 Å². The van der Waals surface area contributed by atoms with Crippen LogP contribution in [0.3, 0.4) is 0 Å². The molecule has 0 aliphatic heterocycles. The van der Waals surface area contributed by atoms with E-state index >= 15 is 0 Å². The van der Waals surface area contributed by atoms with Crippen molar-refractivity contribution in [2.75, 3.05) is 5.73 Å². The summed E-state index contributed by atoms with van der Waals surface area (Å²) >= 11 is 0. The van der Waals surface area contributed by atoms with E-state index in [9.17, 15) is 28.3 Å². The number of ketones is 1. The van der Waals surface area contributed by atoms with E-state index in [1.54, 1.807) is 18.2 Å². The standard InChI is InChI=1S/C24H15F3N4O3/c25-24(26,27)16-6-3-13(4-7-16)21(32)22(33)18-8-5-14(12-30-18)17-10-15(11-28)23(29)31-20(17)19-2-1-9-34-19/h1-10,12,21,32H,(H2,29,31). The van der Waals surface area contributed by atoms with E-state index in [-0.39, 0.29) is 22.6 Å². The van der Waals surface area contributed by atoms with Crippen molar-refractivity contribution < 1.29 is 27.5 Å². The number of hydrogen-bond acceptors (Lipinski definition) is 7. The monoisotopic (exact) mass is 464 g/mol. The zero-order valence-electron chi connectivity index (χ0n) is 17.2. The van der Waals surface area contributed by atoms with Gasteiger partial charge in [-0.2, -0.15) is 18.4 Å². The molecule has 10 heteroatoms. The molecule has 4 aromatic rings. The van der Waals surface area contributed by atoms with Crippen LogP contribution in [0, 0.1) is 11.3 Å². The number of Topliss-reactive ketones (excluding diaryl/α,β-unsaturated/α-hetero) is 1. The first kappa shape index (κ1) is 22.7. The number of aliphatic hydroxyl groups excluding tert-OH is 1. The van der Waals surface area contributed by atoms with Crippen LogP contribution in [0.15, 0.2) is 71.5 Å². The molecule has 3 N–H and O–H groups in total. The Kier molecular flexibility index (Phi) is 5.88. The van der Waals surface area contributed by atoms with Crippen molar-refractivity contribution in [3.63, 3.8) is 0 Å². The maximum atomic E-state index is 12.7. The van der Waals surface area contributed by atoms with Gasteiger partial charge in [-0.3, -0.25) is 9.78 Å². The summed E-state index contributed by atoms with van der Waals surface area (Å²) in [5.41, 5.74) is 6.35. The van der Waals surface area contributed by atoms with Crippen LogP contribution in [0.4, 0.5) is 19.0 Å². The third-order valence-electron chi connectivity index (χ3n) is 5.06. The Morgan fingerprint density at radius 2 is 1.88 bits per heavy atom. The maximum Gasteiger partial charge on any atom is 0.416 e. The number of carbonyl (C=O) groups is 1. The SMILES string of the molecule is N#Cc1cc(-c2ccc(C(=O)C(O)c3ccc(C(F)(F)F)cc3)nc2)c(-c2ccco2)nc1N. The number of rotatable bonds is 5. The molecule has 3 heterocycles. The minimum absolute atomic E-state index is 0.00498. The van der Waals surface area contributed by atoms with E-state index < -0.39 is 23.6 Å². The number of nitrogens with two attached hydrogens (primary N) is 1. The fourth-order valence-corrected chi connectivity index (χ4v) is 3.28. The summed E-state index contributed by atoms with van der Waals surface area (Å²) in [7, 11) is 0. The number of aromatic nitrogens is 2. The Balaban J connectivity index is 1.64. The first-order valence-electron chi connectivity index (χ1n) is 9.79. The number of hydrogen-bond donors (Lipinski definition) is 2. The zero-order chi connectivity index (χ0) is 24.5. The van der Waals surface area contributed by atoms with Crippen LogP contribution in [0.5, 0.6) is 0 Å². The van der Waals surface area contributed by atoms with E-state index in [1.807, 2.05) is 6.07 Å². The maximum absolute atomic E-state index is 12.7. The van der Waals surface area contributed by atoms with Gasteiger partial charge in [0.1, 0.15) is 29.4 Å². The molecule has 0 aliphatic rings. The van der Waals surface area contributed by atoms with Gasteiger partial charge in [0.05, 0.1) is 17.4 Å². The van der Waals surface area contributed by atoms with Crippen LogP contribution in [-0.2, 0) is 6.18 Å². The second kappa shape index (κ2) is 8.80. The Bertz CT molecular complexity index is 1380. The number of nitrogens with zero attached hydrogens (tertiary/aromatic N) is 3. The summed E-state index contributed by atoms with van der Waals surface area (Å²) in [6, 6.07) is 13.4. The summed E-state index contributed by atoms with van der Waals surface area (Å²) in [4.78, 5) is 21.0. The van der Waals surface area contributed by atoms with Gasteiger partial charge in [-0.15, -0.1) is 0 Å². The number of carbonyl (C=O) groups excluding carboxylic acids is 1. The van der Waals surface area contributed by atoms with E-state index in [0.29, 0.717) is 22.6 Å². The number of benzene rings is 1. The molecule has 0 saturated heterocycles. The molecular weight excluding hydrogens is 449 g/mol. The van der Waals surface area contributed by atoms with Crippen molar-refractivity contribution in [1.29, 1.82) is 5.26 Å². The fraction of sp³-hybridized carbons (Fsp3) is 0.0833. The second-order valence-electron chi connectivity index (χ2n) is 7.23. The Morgan fingerprint density at radius 3 is 2.44 bits per heavy atom. The summed E-state index contributed by atoms with van der Waals surface area (Å²) in [5, 5.41) is 19.7. The first-order chi connectivity index (χ1) is 16.2. The Labute approximate surface area is 190 Å². The number of nitriles is 1. The molecule has 0 aliphatic carbocycles. The molecule has 0 saturated carbocycles. The molecular formula is C24H15F3N4O3. The zero-order valence-corrected chi connectivity index (χ0v) is 17.2. The molecule has 0 radical (unpaired) electrons. The van der Waals surface area contributed by atoms with E-state index in [0.717, 1.165) is 24.3 Å². The molecule has 0 spiro atoms. The van der Waals surface area contributed by atoms with Gasteiger partial charge in [-0.1, -0.05) is 18.2 Å². The average molecular weight is 464 g/mol. The van der Waals surface area contributed by atoms with Gasteiger partial charge >= 0.3 is 6.18 Å². The quantitative estimate of drug-likeness (QED) is 0.407. The third-order valence-corrected chi connectivity index (χ3v) is 5.06. The molecule has 34 heavy (non-hydrogen) atoms. The lowest BCUT2D eigenvalue weighted by Crippen LogP contribution is -2.14. The number of alkyl halides is 3. The van der Waals surface area contributed by atoms with Crippen molar-refractivity contribution in [3.05, 3.63) is 89.4 Å². The first-order valence-corrected chi connectivity index (χ1v) is 9.79. The fourth-order valence-electron chi connectivity index (χ4n) is 3.28. The molecule has 1 aromatic carbocycles. The molecule has 0 fully saturated rings. The van der Waals surface area contributed by atoms with E-state index in [4.69, 9.17) is 10.2 Å². The number of pyridine rings is 2. The van der Waals surface area contributed by atoms with Crippen LogP contribution >= 0.6 is 0 Å². The smallest absolute Gasteiger partial charge is 0.416 e. The number of nitrogen functional groups attached to an aromatic ring is 1. The highest BCUT2D eigenvalue weighted by Crippen LogP contribution is 2.34.